The summed E-state index contributed by atoms with van der Waals surface area (Å²) in [7, 11) is 0. The quantitative estimate of drug-likeness (QED) is 0.783. The van der Waals surface area contributed by atoms with Gasteiger partial charge in [-0.3, -0.25) is 4.79 Å². The van der Waals surface area contributed by atoms with Crippen molar-refractivity contribution < 1.29 is 9.53 Å². The Morgan fingerprint density at radius 1 is 1.40 bits per heavy atom. The minimum absolute atomic E-state index is 0.00424. The Kier molecular flexibility index (Phi) is 4.33. The van der Waals surface area contributed by atoms with E-state index in [2.05, 4.69) is 19.9 Å². The van der Waals surface area contributed by atoms with Gasteiger partial charge in [-0.25, -0.2) is 0 Å². The Hall–Kier alpha value is -1.55. The van der Waals surface area contributed by atoms with E-state index >= 15 is 0 Å². The van der Waals surface area contributed by atoms with Gasteiger partial charge in [-0.15, -0.1) is 0 Å². The van der Waals surface area contributed by atoms with E-state index in [-0.39, 0.29) is 17.4 Å². The first kappa shape index (κ1) is 14.9. The van der Waals surface area contributed by atoms with Crippen molar-refractivity contribution in [2.24, 2.45) is 11.5 Å². The van der Waals surface area contributed by atoms with Crippen LogP contribution in [0.15, 0.2) is 18.2 Å². The lowest BCUT2D eigenvalue weighted by Crippen LogP contribution is -2.19. The highest BCUT2D eigenvalue weighted by Crippen LogP contribution is 2.39. The van der Waals surface area contributed by atoms with Crippen LogP contribution < -0.4 is 16.2 Å². The lowest BCUT2D eigenvalue weighted by molar-refractivity contribution is -0.118. The van der Waals surface area contributed by atoms with Gasteiger partial charge in [0.05, 0.1) is 6.61 Å². The lowest BCUT2D eigenvalue weighted by Gasteiger charge is -2.18. The first-order valence-corrected chi connectivity index (χ1v) is 7.21. The second-order valence-electron chi connectivity index (χ2n) is 6.25. The summed E-state index contributed by atoms with van der Waals surface area (Å²) in [5, 5.41) is 0. The number of carbonyl (C=O) groups is 1. The third-order valence-corrected chi connectivity index (χ3v) is 3.94. The second kappa shape index (κ2) is 5.83. The van der Waals surface area contributed by atoms with E-state index in [0.29, 0.717) is 6.42 Å². The molecule has 1 aliphatic rings. The van der Waals surface area contributed by atoms with Gasteiger partial charge < -0.3 is 16.2 Å². The summed E-state index contributed by atoms with van der Waals surface area (Å²) in [5.74, 6) is 0.731. The Bertz CT molecular complexity index is 497. The van der Waals surface area contributed by atoms with Gasteiger partial charge in [0.15, 0.2) is 0 Å². The van der Waals surface area contributed by atoms with Crippen molar-refractivity contribution in [2.45, 2.75) is 51.0 Å². The number of benzene rings is 1. The number of fused-ring (bicyclic) bond motifs is 1. The molecule has 20 heavy (non-hydrogen) atoms. The lowest BCUT2D eigenvalue weighted by atomic mass is 9.85. The largest absolute Gasteiger partial charge is 0.492 e. The van der Waals surface area contributed by atoms with Gasteiger partial charge in [-0.05, 0) is 30.5 Å². The summed E-state index contributed by atoms with van der Waals surface area (Å²) in [6, 6.07) is 6.23. The molecule has 0 fully saturated rings. The molecule has 0 aromatic heterocycles. The molecule has 1 aromatic rings. The molecule has 4 nitrogen and oxygen atoms in total. The molecule has 2 rings (SSSR count). The Morgan fingerprint density at radius 2 is 2.15 bits per heavy atom. The molecular formula is C16H24N2O2. The molecule has 0 spiro atoms. The summed E-state index contributed by atoms with van der Waals surface area (Å²) in [4.78, 5) is 10.7. The first-order valence-electron chi connectivity index (χ1n) is 7.21. The average molecular weight is 276 g/mol. The fraction of sp³-hybridized carbons (Fsp3) is 0.562. The second-order valence-corrected chi connectivity index (χ2v) is 6.25. The Balaban J connectivity index is 1.97. The van der Waals surface area contributed by atoms with Crippen molar-refractivity contribution in [1.82, 2.24) is 0 Å². The van der Waals surface area contributed by atoms with E-state index in [0.717, 1.165) is 37.2 Å². The number of hydrogen-bond acceptors (Lipinski definition) is 3. The predicted octanol–water partition coefficient (Wildman–Crippen LogP) is 2.40. The van der Waals surface area contributed by atoms with Crippen LogP contribution in [0, 0.1) is 0 Å². The molecule has 4 N–H and O–H groups in total. The number of amides is 1. The average Bonchev–Trinajstić information content (AvgIpc) is 2.70. The molecule has 0 saturated heterocycles. The van der Waals surface area contributed by atoms with E-state index in [9.17, 15) is 4.79 Å². The number of ether oxygens (including phenoxy) is 1. The van der Waals surface area contributed by atoms with Crippen LogP contribution in [0.4, 0.5) is 0 Å². The van der Waals surface area contributed by atoms with E-state index in [1.54, 1.807) is 0 Å². The van der Waals surface area contributed by atoms with Gasteiger partial charge >= 0.3 is 0 Å². The number of nitrogens with two attached hydrogens (primary N) is 2. The van der Waals surface area contributed by atoms with Crippen LogP contribution in [0.1, 0.15) is 56.7 Å². The summed E-state index contributed by atoms with van der Waals surface area (Å²) >= 11 is 0. The number of carbonyl (C=O) groups excluding carboxylic acids is 1. The number of hydrogen-bond donors (Lipinski definition) is 2. The van der Waals surface area contributed by atoms with Crippen molar-refractivity contribution in [2.75, 3.05) is 6.61 Å². The van der Waals surface area contributed by atoms with Gasteiger partial charge in [-0.2, -0.15) is 0 Å². The van der Waals surface area contributed by atoms with Gasteiger partial charge in [0.2, 0.25) is 5.91 Å². The molecule has 4 heteroatoms. The van der Waals surface area contributed by atoms with Crippen LogP contribution in [0.5, 0.6) is 5.75 Å². The molecule has 1 unspecified atom stereocenters. The zero-order valence-corrected chi connectivity index (χ0v) is 12.3. The number of rotatable bonds is 6. The highest BCUT2D eigenvalue weighted by Gasteiger charge is 2.32. The molecule has 110 valence electrons. The standard InChI is InChI=1S/C16H24N2O2/c1-16(2)10-20-14-8-7-11(9-12(14)16)13(17)5-3-4-6-15(18)19/h7-9,13H,3-6,10,17H2,1-2H3,(H2,18,19). The van der Waals surface area contributed by atoms with Crippen molar-refractivity contribution in [3.8, 4) is 5.75 Å². The van der Waals surface area contributed by atoms with Crippen molar-refractivity contribution >= 4 is 5.91 Å². The molecule has 1 aromatic carbocycles. The minimum atomic E-state index is -0.241. The van der Waals surface area contributed by atoms with Crippen LogP contribution in [0.25, 0.3) is 0 Å². The SMILES string of the molecule is CC1(C)COc2ccc(C(N)CCCCC(N)=O)cc21. The molecular weight excluding hydrogens is 252 g/mol. The summed E-state index contributed by atoms with van der Waals surface area (Å²) < 4.78 is 5.68. The number of primary amides is 1. The molecule has 0 saturated carbocycles. The molecule has 0 bridgehead atoms. The normalized spacial score (nSPS) is 17.4. The monoisotopic (exact) mass is 276 g/mol. The topological polar surface area (TPSA) is 78.3 Å². The van der Waals surface area contributed by atoms with Crippen LogP contribution in [-0.2, 0) is 10.2 Å². The van der Waals surface area contributed by atoms with E-state index in [1.165, 1.54) is 5.56 Å². The molecule has 1 aliphatic heterocycles. The number of unbranched alkanes of at least 4 members (excludes halogenated alkanes) is 1. The van der Waals surface area contributed by atoms with E-state index in [1.807, 2.05) is 12.1 Å². The van der Waals surface area contributed by atoms with Crippen LogP contribution in [-0.4, -0.2) is 12.5 Å². The summed E-state index contributed by atoms with van der Waals surface area (Å²) in [6.07, 6.45) is 3.04. The van der Waals surface area contributed by atoms with E-state index in [4.69, 9.17) is 16.2 Å². The zero-order chi connectivity index (χ0) is 14.8. The summed E-state index contributed by atoms with van der Waals surface area (Å²) in [6.45, 7) is 5.08. The predicted molar refractivity (Wildman–Crippen MR) is 79.6 cm³/mol. The van der Waals surface area contributed by atoms with Crippen molar-refractivity contribution in [3.05, 3.63) is 29.3 Å². The van der Waals surface area contributed by atoms with Gasteiger partial charge in [0, 0.05) is 23.4 Å². The Morgan fingerprint density at radius 3 is 2.85 bits per heavy atom. The highest BCUT2D eigenvalue weighted by molar-refractivity contribution is 5.73. The maximum atomic E-state index is 10.7. The zero-order valence-electron chi connectivity index (χ0n) is 12.3. The van der Waals surface area contributed by atoms with Crippen molar-refractivity contribution in [1.29, 1.82) is 0 Å². The van der Waals surface area contributed by atoms with Gasteiger partial charge in [0.1, 0.15) is 5.75 Å². The Labute approximate surface area is 120 Å². The van der Waals surface area contributed by atoms with Crippen LogP contribution in [0.3, 0.4) is 0 Å². The fourth-order valence-corrected chi connectivity index (χ4v) is 2.60. The summed E-state index contributed by atoms with van der Waals surface area (Å²) in [5.41, 5.74) is 13.8. The van der Waals surface area contributed by atoms with Gasteiger partial charge in [0.25, 0.3) is 0 Å². The van der Waals surface area contributed by atoms with Crippen LogP contribution >= 0.6 is 0 Å². The minimum Gasteiger partial charge on any atom is -0.492 e. The smallest absolute Gasteiger partial charge is 0.217 e. The molecule has 0 radical (unpaired) electrons. The third-order valence-electron chi connectivity index (χ3n) is 3.94. The first-order chi connectivity index (χ1) is 9.40. The fourth-order valence-electron chi connectivity index (χ4n) is 2.60. The molecule has 0 aliphatic carbocycles. The van der Waals surface area contributed by atoms with Crippen LogP contribution in [0.2, 0.25) is 0 Å². The third kappa shape index (κ3) is 3.31. The maximum absolute atomic E-state index is 10.7. The molecule has 1 heterocycles. The van der Waals surface area contributed by atoms with Gasteiger partial charge in [-0.1, -0.05) is 26.3 Å². The van der Waals surface area contributed by atoms with E-state index < -0.39 is 0 Å². The van der Waals surface area contributed by atoms with Crippen molar-refractivity contribution in [3.63, 3.8) is 0 Å². The highest BCUT2D eigenvalue weighted by atomic mass is 16.5. The molecule has 1 amide bonds. The molecule has 1 atom stereocenters. The maximum Gasteiger partial charge on any atom is 0.217 e.